The van der Waals surface area contributed by atoms with E-state index in [1.165, 1.54) is 80.5 Å². The standard InChI is InChI=1S/C30H43NO2/c1-28(2,3)25-7-10-26(11-8-25)33-27-9-6-23-18-22(4-5-24(23)19-27)20-31-30-15-12-29(21-32,13-16-30)14-17-30/h4-6,9,18-19,25-26,31-32H,7-8,10-17,20-21H2,1-3H3. The van der Waals surface area contributed by atoms with E-state index in [-0.39, 0.29) is 11.0 Å². The van der Waals surface area contributed by atoms with Crippen LogP contribution < -0.4 is 10.1 Å². The molecule has 4 aliphatic carbocycles. The minimum absolute atomic E-state index is 0.234. The number of fused-ring (bicyclic) bond motifs is 4. The maximum atomic E-state index is 9.78. The monoisotopic (exact) mass is 449 g/mol. The topological polar surface area (TPSA) is 41.5 Å². The normalized spacial score (nSPS) is 32.2. The number of hydrogen-bond donors (Lipinski definition) is 2. The number of aliphatic hydroxyl groups is 1. The molecule has 0 atom stereocenters. The van der Waals surface area contributed by atoms with Crippen molar-refractivity contribution in [2.24, 2.45) is 16.7 Å². The van der Waals surface area contributed by atoms with E-state index >= 15 is 0 Å². The van der Waals surface area contributed by atoms with Crippen molar-refractivity contribution in [1.29, 1.82) is 0 Å². The highest BCUT2D eigenvalue weighted by atomic mass is 16.5. The molecule has 6 rings (SSSR count). The summed E-state index contributed by atoms with van der Waals surface area (Å²) in [5, 5.41) is 16.3. The Labute approximate surface area is 200 Å². The van der Waals surface area contributed by atoms with Gasteiger partial charge in [0.05, 0.1) is 6.10 Å². The molecule has 2 bridgehead atoms. The van der Waals surface area contributed by atoms with Crippen molar-refractivity contribution in [3.8, 4) is 5.75 Å². The van der Waals surface area contributed by atoms with E-state index < -0.39 is 0 Å². The third-order valence-corrected chi connectivity index (χ3v) is 9.48. The summed E-state index contributed by atoms with van der Waals surface area (Å²) in [6, 6.07) is 13.5. The fourth-order valence-electron chi connectivity index (χ4n) is 6.75. The lowest BCUT2D eigenvalue weighted by molar-refractivity contribution is -0.0179. The fraction of sp³-hybridized carbons (Fsp3) is 0.667. The molecule has 3 heteroatoms. The summed E-state index contributed by atoms with van der Waals surface area (Å²) in [4.78, 5) is 0. The first-order valence-corrected chi connectivity index (χ1v) is 13.3. The van der Waals surface area contributed by atoms with Gasteiger partial charge in [-0.2, -0.15) is 0 Å². The Balaban J connectivity index is 1.18. The predicted octanol–water partition coefficient (Wildman–Crippen LogP) is 7.00. The zero-order valence-electron chi connectivity index (χ0n) is 21.0. The molecule has 4 aliphatic rings. The van der Waals surface area contributed by atoms with E-state index in [1.54, 1.807) is 0 Å². The molecule has 0 unspecified atom stereocenters. The molecule has 0 amide bonds. The second-order valence-corrected chi connectivity index (χ2v) is 12.6. The van der Waals surface area contributed by atoms with Crippen molar-refractivity contribution >= 4 is 10.8 Å². The highest BCUT2D eigenvalue weighted by molar-refractivity contribution is 5.84. The Morgan fingerprint density at radius 3 is 2.15 bits per heavy atom. The third-order valence-electron chi connectivity index (χ3n) is 9.48. The average Bonchev–Trinajstić information content (AvgIpc) is 2.84. The third kappa shape index (κ3) is 4.95. The van der Waals surface area contributed by atoms with E-state index in [2.05, 4.69) is 62.5 Å². The van der Waals surface area contributed by atoms with Gasteiger partial charge < -0.3 is 15.2 Å². The van der Waals surface area contributed by atoms with Gasteiger partial charge in [-0.3, -0.25) is 0 Å². The Bertz CT molecular complexity index is 942. The first-order chi connectivity index (χ1) is 15.8. The summed E-state index contributed by atoms with van der Waals surface area (Å²) < 4.78 is 6.40. The minimum Gasteiger partial charge on any atom is -0.490 e. The van der Waals surface area contributed by atoms with Gasteiger partial charge in [0, 0.05) is 18.7 Å². The molecule has 2 aromatic carbocycles. The van der Waals surface area contributed by atoms with E-state index in [0.29, 0.717) is 18.1 Å². The van der Waals surface area contributed by atoms with Crippen LogP contribution in [-0.4, -0.2) is 23.4 Å². The van der Waals surface area contributed by atoms with Crippen LogP contribution in [0.3, 0.4) is 0 Å². The zero-order valence-corrected chi connectivity index (χ0v) is 21.0. The lowest BCUT2D eigenvalue weighted by atomic mass is 9.57. The van der Waals surface area contributed by atoms with E-state index in [1.807, 2.05) is 0 Å². The Morgan fingerprint density at radius 1 is 0.879 bits per heavy atom. The molecule has 0 spiro atoms. The molecule has 0 heterocycles. The number of benzene rings is 2. The molecule has 2 aromatic rings. The molecule has 0 aromatic heterocycles. The van der Waals surface area contributed by atoms with Crippen LogP contribution in [0.15, 0.2) is 36.4 Å². The molecule has 33 heavy (non-hydrogen) atoms. The number of ether oxygens (including phenoxy) is 1. The lowest BCUT2D eigenvalue weighted by Crippen LogP contribution is -2.55. The van der Waals surface area contributed by atoms with Crippen LogP contribution in [0.2, 0.25) is 0 Å². The van der Waals surface area contributed by atoms with Gasteiger partial charge in [0.2, 0.25) is 0 Å². The van der Waals surface area contributed by atoms with Gasteiger partial charge in [-0.1, -0.05) is 39.0 Å². The van der Waals surface area contributed by atoms with Crippen LogP contribution in [0, 0.1) is 16.7 Å². The zero-order chi connectivity index (χ0) is 23.1. The predicted molar refractivity (Wildman–Crippen MR) is 137 cm³/mol. The van der Waals surface area contributed by atoms with Crippen LogP contribution in [0.1, 0.15) is 90.5 Å². The van der Waals surface area contributed by atoms with Crippen molar-refractivity contribution < 1.29 is 9.84 Å². The van der Waals surface area contributed by atoms with Crippen LogP contribution in [0.5, 0.6) is 5.75 Å². The van der Waals surface area contributed by atoms with E-state index in [0.717, 1.165) is 18.2 Å². The Kier molecular flexibility index (Phi) is 6.24. The molecule has 180 valence electrons. The van der Waals surface area contributed by atoms with Gasteiger partial charge in [-0.25, -0.2) is 0 Å². The van der Waals surface area contributed by atoms with E-state index in [4.69, 9.17) is 4.74 Å². The van der Waals surface area contributed by atoms with Crippen LogP contribution >= 0.6 is 0 Å². The van der Waals surface area contributed by atoms with Crippen LogP contribution in [0.4, 0.5) is 0 Å². The molecule has 2 N–H and O–H groups in total. The van der Waals surface area contributed by atoms with Gasteiger partial charge in [0.25, 0.3) is 0 Å². The lowest BCUT2D eigenvalue weighted by Gasteiger charge is -2.53. The van der Waals surface area contributed by atoms with Crippen molar-refractivity contribution in [3.63, 3.8) is 0 Å². The van der Waals surface area contributed by atoms with Crippen molar-refractivity contribution in [2.75, 3.05) is 6.61 Å². The van der Waals surface area contributed by atoms with Gasteiger partial charge in [-0.05, 0) is 115 Å². The number of aliphatic hydroxyl groups excluding tert-OH is 1. The quantitative estimate of drug-likeness (QED) is 0.499. The van der Waals surface area contributed by atoms with Crippen molar-refractivity contribution in [3.05, 3.63) is 42.0 Å². The van der Waals surface area contributed by atoms with E-state index in [9.17, 15) is 5.11 Å². The molecule has 4 saturated carbocycles. The fourth-order valence-corrected chi connectivity index (χ4v) is 6.75. The molecular formula is C30H43NO2. The summed E-state index contributed by atoms with van der Waals surface area (Å²) >= 11 is 0. The largest absolute Gasteiger partial charge is 0.490 e. The van der Waals surface area contributed by atoms with Crippen LogP contribution in [0.25, 0.3) is 10.8 Å². The van der Waals surface area contributed by atoms with Gasteiger partial charge in [-0.15, -0.1) is 0 Å². The minimum atomic E-state index is 0.234. The Morgan fingerprint density at radius 2 is 1.52 bits per heavy atom. The second kappa shape index (κ2) is 8.89. The molecule has 4 fully saturated rings. The average molecular weight is 450 g/mol. The van der Waals surface area contributed by atoms with Crippen molar-refractivity contribution in [1.82, 2.24) is 5.32 Å². The Hall–Kier alpha value is -1.58. The van der Waals surface area contributed by atoms with Gasteiger partial charge in [0.1, 0.15) is 5.75 Å². The first kappa shape index (κ1) is 23.2. The smallest absolute Gasteiger partial charge is 0.120 e. The van der Waals surface area contributed by atoms with Gasteiger partial charge in [0.15, 0.2) is 0 Å². The first-order valence-electron chi connectivity index (χ1n) is 13.3. The summed E-state index contributed by atoms with van der Waals surface area (Å²) in [5.41, 5.74) is 2.29. The number of rotatable bonds is 6. The summed E-state index contributed by atoms with van der Waals surface area (Å²) in [7, 11) is 0. The molecule has 0 aliphatic heterocycles. The molecule has 0 radical (unpaired) electrons. The molecular weight excluding hydrogens is 406 g/mol. The SMILES string of the molecule is CC(C)(C)C1CCC(Oc2ccc3cc(CNC45CCC(CO)(CC4)CC5)ccc3c2)CC1. The highest BCUT2D eigenvalue weighted by Gasteiger charge is 2.47. The molecule has 3 nitrogen and oxygen atoms in total. The number of hydrogen-bond acceptors (Lipinski definition) is 3. The van der Waals surface area contributed by atoms with Crippen molar-refractivity contribution in [2.45, 2.75) is 103 Å². The number of nitrogens with one attached hydrogen (secondary N) is 1. The second-order valence-electron chi connectivity index (χ2n) is 12.6. The van der Waals surface area contributed by atoms with Gasteiger partial charge >= 0.3 is 0 Å². The molecule has 0 saturated heterocycles. The summed E-state index contributed by atoms with van der Waals surface area (Å²) in [5.74, 6) is 1.84. The maximum absolute atomic E-state index is 9.78. The summed E-state index contributed by atoms with van der Waals surface area (Å²) in [6.45, 7) is 8.42. The summed E-state index contributed by atoms with van der Waals surface area (Å²) in [6.07, 6.45) is 12.4. The highest BCUT2D eigenvalue weighted by Crippen LogP contribution is 2.52. The maximum Gasteiger partial charge on any atom is 0.120 e. The van der Waals surface area contributed by atoms with Crippen LogP contribution in [-0.2, 0) is 6.54 Å².